The molecule has 0 aliphatic heterocycles. The molecule has 0 unspecified atom stereocenters. The maximum atomic E-state index is 11.3. The molecule has 0 spiro atoms. The normalized spacial score (nSPS) is 11.7. The third-order valence-corrected chi connectivity index (χ3v) is 2.13. The molecule has 3 heteroatoms. The zero-order valence-electron chi connectivity index (χ0n) is 8.09. The zero-order valence-corrected chi connectivity index (χ0v) is 8.09. The number of rotatable bonds is 6. The fraction of sp³-hybridized carbons (Fsp3) is 0.889. The van der Waals surface area contributed by atoms with Gasteiger partial charge in [-0.15, -0.1) is 0 Å². The molecule has 0 bridgehead atoms. The summed E-state index contributed by atoms with van der Waals surface area (Å²) in [6.07, 6.45) is 0.908. The predicted molar refractivity (Wildman–Crippen MR) is 47.0 cm³/mol. The van der Waals surface area contributed by atoms with Gasteiger partial charge >= 0.3 is 0 Å². The predicted octanol–water partition coefficient (Wildman–Crippen LogP) is 1.14. The zero-order chi connectivity index (χ0) is 9.61. The number of carbonyl (C=O) groups is 1. The molecule has 1 N–H and O–H groups in total. The Bertz CT molecular complexity index is 139. The van der Waals surface area contributed by atoms with Crippen LogP contribution >= 0.6 is 0 Å². The maximum absolute atomic E-state index is 11.3. The highest BCUT2D eigenvalue weighted by atomic mass is 16.5. The van der Waals surface area contributed by atoms with Gasteiger partial charge in [0.05, 0.1) is 0 Å². The Balaban J connectivity index is 4.03. The summed E-state index contributed by atoms with van der Waals surface area (Å²) in [6.45, 7) is 5.95. The van der Waals surface area contributed by atoms with Crippen LogP contribution in [-0.2, 0) is 9.53 Å². The van der Waals surface area contributed by atoms with E-state index in [0.29, 0.717) is 19.4 Å². The van der Waals surface area contributed by atoms with Crippen molar-refractivity contribution >= 4 is 5.78 Å². The van der Waals surface area contributed by atoms with Crippen LogP contribution in [0.4, 0.5) is 0 Å². The van der Waals surface area contributed by atoms with Crippen molar-refractivity contribution in [2.45, 2.75) is 39.2 Å². The molecule has 0 radical (unpaired) electrons. The van der Waals surface area contributed by atoms with Crippen molar-refractivity contribution in [2.24, 2.45) is 0 Å². The lowest BCUT2D eigenvalue weighted by Crippen LogP contribution is -2.39. The highest BCUT2D eigenvalue weighted by molar-refractivity contribution is 5.88. The molecule has 0 aromatic rings. The molecule has 0 fully saturated rings. The van der Waals surface area contributed by atoms with Crippen LogP contribution in [0.15, 0.2) is 0 Å². The molecule has 0 amide bonds. The van der Waals surface area contributed by atoms with E-state index in [2.05, 4.69) is 0 Å². The summed E-state index contributed by atoms with van der Waals surface area (Å²) in [5.74, 6) is -0.214. The summed E-state index contributed by atoms with van der Waals surface area (Å²) >= 11 is 0. The van der Waals surface area contributed by atoms with E-state index in [1.807, 2.05) is 6.92 Å². The van der Waals surface area contributed by atoms with Gasteiger partial charge in [-0.2, -0.15) is 0 Å². The van der Waals surface area contributed by atoms with Crippen LogP contribution in [0.1, 0.15) is 33.6 Å². The highest BCUT2D eigenvalue weighted by Crippen LogP contribution is 2.15. The average molecular weight is 174 g/mol. The summed E-state index contributed by atoms with van der Waals surface area (Å²) in [5.41, 5.74) is -1.17. The Labute approximate surface area is 73.7 Å². The molecule has 0 atom stereocenters. The molecule has 0 heterocycles. The summed E-state index contributed by atoms with van der Waals surface area (Å²) in [5, 5.41) is 9.69. The monoisotopic (exact) mass is 174 g/mol. The van der Waals surface area contributed by atoms with E-state index in [-0.39, 0.29) is 12.4 Å². The van der Waals surface area contributed by atoms with Gasteiger partial charge in [-0.1, -0.05) is 13.8 Å². The van der Waals surface area contributed by atoms with E-state index in [4.69, 9.17) is 4.74 Å². The number of hydrogen-bond acceptors (Lipinski definition) is 3. The molecule has 0 saturated heterocycles. The quantitative estimate of drug-likeness (QED) is 0.657. The van der Waals surface area contributed by atoms with Crippen molar-refractivity contribution < 1.29 is 14.6 Å². The summed E-state index contributed by atoms with van der Waals surface area (Å²) in [4.78, 5) is 11.3. The lowest BCUT2D eigenvalue weighted by atomic mass is 9.93. The molecule has 0 aromatic carbocycles. The molecule has 0 saturated carbocycles. The second-order valence-corrected chi connectivity index (χ2v) is 2.80. The first-order valence-electron chi connectivity index (χ1n) is 4.44. The first kappa shape index (κ1) is 11.6. The van der Waals surface area contributed by atoms with E-state index in [0.717, 1.165) is 0 Å². The molecule has 12 heavy (non-hydrogen) atoms. The number of ether oxygens (including phenoxy) is 1. The smallest absolute Gasteiger partial charge is 0.189 e. The number of hydrogen-bond donors (Lipinski definition) is 1. The Morgan fingerprint density at radius 2 is 1.83 bits per heavy atom. The van der Waals surface area contributed by atoms with Gasteiger partial charge in [0, 0.05) is 6.61 Å². The van der Waals surface area contributed by atoms with Crippen molar-refractivity contribution in [2.75, 3.05) is 13.2 Å². The molecule has 3 nitrogen and oxygen atoms in total. The van der Waals surface area contributed by atoms with Crippen LogP contribution in [0.25, 0.3) is 0 Å². The van der Waals surface area contributed by atoms with Gasteiger partial charge in [-0.05, 0) is 19.8 Å². The van der Waals surface area contributed by atoms with Crippen molar-refractivity contribution in [1.29, 1.82) is 0 Å². The van der Waals surface area contributed by atoms with Gasteiger partial charge in [0.2, 0.25) is 0 Å². The van der Waals surface area contributed by atoms with Crippen molar-refractivity contribution in [3.63, 3.8) is 0 Å². The first-order chi connectivity index (χ1) is 5.60. The molecule has 0 aliphatic carbocycles. The topological polar surface area (TPSA) is 46.5 Å². The molecular formula is C9H18O3. The highest BCUT2D eigenvalue weighted by Gasteiger charge is 2.30. The third-order valence-electron chi connectivity index (χ3n) is 2.13. The second kappa shape index (κ2) is 5.27. The lowest BCUT2D eigenvalue weighted by molar-refractivity contribution is -0.142. The van der Waals surface area contributed by atoms with Crippen molar-refractivity contribution in [1.82, 2.24) is 0 Å². The maximum Gasteiger partial charge on any atom is 0.189 e. The SMILES string of the molecule is CCOCC(=O)C(O)(CC)CC. The molecular weight excluding hydrogens is 156 g/mol. The number of ketones is 1. The van der Waals surface area contributed by atoms with Gasteiger partial charge in [-0.3, -0.25) is 4.79 Å². The number of Topliss-reactive ketones (excluding diaryl/α,β-unsaturated/α-hetero) is 1. The van der Waals surface area contributed by atoms with Gasteiger partial charge in [0.15, 0.2) is 5.78 Å². The van der Waals surface area contributed by atoms with Crippen LogP contribution in [-0.4, -0.2) is 29.7 Å². The van der Waals surface area contributed by atoms with Crippen molar-refractivity contribution in [3.8, 4) is 0 Å². The Hall–Kier alpha value is -0.410. The van der Waals surface area contributed by atoms with E-state index < -0.39 is 5.60 Å². The standard InChI is InChI=1S/C9H18O3/c1-4-9(11,5-2)8(10)7-12-6-3/h11H,4-7H2,1-3H3. The Morgan fingerprint density at radius 1 is 1.33 bits per heavy atom. The van der Waals surface area contributed by atoms with Gasteiger partial charge in [-0.25, -0.2) is 0 Å². The van der Waals surface area contributed by atoms with Gasteiger partial charge in [0.1, 0.15) is 12.2 Å². The Kier molecular flexibility index (Phi) is 5.09. The van der Waals surface area contributed by atoms with Gasteiger partial charge in [0.25, 0.3) is 0 Å². The third kappa shape index (κ3) is 2.91. The molecule has 0 aliphatic rings. The lowest BCUT2D eigenvalue weighted by Gasteiger charge is -2.22. The van der Waals surface area contributed by atoms with Crippen molar-refractivity contribution in [3.05, 3.63) is 0 Å². The fourth-order valence-electron chi connectivity index (χ4n) is 0.973. The van der Waals surface area contributed by atoms with E-state index in [1.165, 1.54) is 0 Å². The second-order valence-electron chi connectivity index (χ2n) is 2.80. The van der Waals surface area contributed by atoms with Crippen LogP contribution in [0, 0.1) is 0 Å². The van der Waals surface area contributed by atoms with E-state index >= 15 is 0 Å². The van der Waals surface area contributed by atoms with E-state index in [9.17, 15) is 9.90 Å². The molecule has 0 aromatic heterocycles. The summed E-state index contributed by atoms with van der Waals surface area (Å²) in [6, 6.07) is 0. The fourth-order valence-corrected chi connectivity index (χ4v) is 0.973. The Morgan fingerprint density at radius 3 is 2.17 bits per heavy atom. The van der Waals surface area contributed by atoms with Gasteiger partial charge < -0.3 is 9.84 Å². The largest absolute Gasteiger partial charge is 0.382 e. The molecule has 0 rings (SSSR count). The van der Waals surface area contributed by atoms with E-state index in [1.54, 1.807) is 13.8 Å². The number of carbonyl (C=O) groups excluding carboxylic acids is 1. The summed E-state index contributed by atoms with van der Waals surface area (Å²) < 4.78 is 4.94. The summed E-state index contributed by atoms with van der Waals surface area (Å²) in [7, 11) is 0. The van der Waals surface area contributed by atoms with Crippen LogP contribution in [0.2, 0.25) is 0 Å². The van der Waals surface area contributed by atoms with Crippen LogP contribution in [0.3, 0.4) is 0 Å². The minimum Gasteiger partial charge on any atom is -0.382 e. The molecule has 72 valence electrons. The van der Waals surface area contributed by atoms with Crippen LogP contribution < -0.4 is 0 Å². The first-order valence-corrected chi connectivity index (χ1v) is 4.44. The minimum atomic E-state index is -1.17. The average Bonchev–Trinajstić information content (AvgIpc) is 2.12. The minimum absolute atomic E-state index is 0.0225. The number of aliphatic hydroxyl groups is 1. The van der Waals surface area contributed by atoms with Crippen LogP contribution in [0.5, 0.6) is 0 Å².